The lowest BCUT2D eigenvalue weighted by molar-refractivity contribution is -0.0707. The Hall–Kier alpha value is -2.57. The van der Waals surface area contributed by atoms with E-state index in [1.165, 1.54) is 37.2 Å². The van der Waals surface area contributed by atoms with Crippen LogP contribution in [0.3, 0.4) is 0 Å². The van der Waals surface area contributed by atoms with Gasteiger partial charge in [0.1, 0.15) is 4.90 Å². The third-order valence-electron chi connectivity index (χ3n) is 3.28. The van der Waals surface area contributed by atoms with E-state index in [0.29, 0.717) is 5.56 Å². The maximum absolute atomic E-state index is 13.2. The second-order valence-corrected chi connectivity index (χ2v) is 7.18. The SMILES string of the molecule is CB(O)NCc1cccc(NN=C(OS(=O)(=O)c2ccccc2)C(F)(F)F)c1. The topological polar surface area (TPSA) is 100 Å². The number of halogens is 3. The molecule has 0 atom stereocenters. The number of nitrogens with one attached hydrogen (secondary N) is 2. The van der Waals surface area contributed by atoms with Gasteiger partial charge in [0.05, 0.1) is 5.69 Å². The van der Waals surface area contributed by atoms with Gasteiger partial charge in [-0.15, -0.1) is 5.10 Å². The summed E-state index contributed by atoms with van der Waals surface area (Å²) in [6.07, 6.45) is -5.14. The first-order chi connectivity index (χ1) is 13.1. The molecule has 0 radical (unpaired) electrons. The summed E-state index contributed by atoms with van der Waals surface area (Å²) in [5.74, 6) is -1.95. The molecule has 0 aromatic heterocycles. The quantitative estimate of drug-likeness (QED) is 0.211. The minimum absolute atomic E-state index is 0.173. The van der Waals surface area contributed by atoms with E-state index in [-0.39, 0.29) is 12.2 Å². The number of rotatable bonds is 7. The highest BCUT2D eigenvalue weighted by Crippen LogP contribution is 2.23. The van der Waals surface area contributed by atoms with E-state index in [4.69, 9.17) is 0 Å². The van der Waals surface area contributed by atoms with Crippen LogP contribution in [-0.2, 0) is 20.8 Å². The predicted molar refractivity (Wildman–Crippen MR) is 98.9 cm³/mol. The summed E-state index contributed by atoms with van der Waals surface area (Å²) in [6.45, 7) is 1.79. The number of anilines is 1. The van der Waals surface area contributed by atoms with Crippen molar-refractivity contribution in [3.05, 3.63) is 60.2 Å². The van der Waals surface area contributed by atoms with E-state index in [2.05, 4.69) is 19.9 Å². The molecule has 12 heteroatoms. The van der Waals surface area contributed by atoms with Gasteiger partial charge in [0, 0.05) is 6.54 Å². The van der Waals surface area contributed by atoms with Crippen LogP contribution in [0.4, 0.5) is 18.9 Å². The molecule has 2 rings (SSSR count). The number of benzene rings is 2. The van der Waals surface area contributed by atoms with E-state index in [0.717, 1.165) is 12.1 Å². The van der Waals surface area contributed by atoms with E-state index in [1.807, 2.05) is 0 Å². The van der Waals surface area contributed by atoms with Gasteiger partial charge in [-0.3, -0.25) is 5.43 Å². The molecule has 7 nitrogen and oxygen atoms in total. The van der Waals surface area contributed by atoms with E-state index in [9.17, 15) is 26.6 Å². The lowest BCUT2D eigenvalue weighted by atomic mass is 9.88. The van der Waals surface area contributed by atoms with Crippen molar-refractivity contribution in [1.29, 1.82) is 0 Å². The zero-order chi connectivity index (χ0) is 20.8. The van der Waals surface area contributed by atoms with E-state index >= 15 is 0 Å². The summed E-state index contributed by atoms with van der Waals surface area (Å²) in [5, 5.41) is 15.0. The molecule has 0 unspecified atom stereocenters. The van der Waals surface area contributed by atoms with Gasteiger partial charge >= 0.3 is 29.2 Å². The molecule has 0 fully saturated rings. The van der Waals surface area contributed by atoms with Crippen LogP contribution in [0.25, 0.3) is 0 Å². The van der Waals surface area contributed by atoms with Crippen molar-refractivity contribution < 1.29 is 30.8 Å². The first-order valence-electron chi connectivity index (χ1n) is 7.99. The van der Waals surface area contributed by atoms with Crippen molar-refractivity contribution in [2.24, 2.45) is 5.10 Å². The molecular formula is C16H17BF3N3O4S. The summed E-state index contributed by atoms with van der Waals surface area (Å²) in [6, 6.07) is 12.6. The normalized spacial score (nSPS) is 12.5. The molecule has 0 saturated carbocycles. The summed E-state index contributed by atoms with van der Waals surface area (Å²) < 4.78 is 67.8. The average molecular weight is 415 g/mol. The maximum Gasteiger partial charge on any atom is 0.471 e. The minimum Gasteiger partial charge on any atom is -0.437 e. The number of hydrogen-bond donors (Lipinski definition) is 3. The van der Waals surface area contributed by atoms with Gasteiger partial charge in [0.15, 0.2) is 0 Å². The molecule has 0 spiro atoms. The predicted octanol–water partition coefficient (Wildman–Crippen LogP) is 2.58. The Balaban J connectivity index is 2.20. The third kappa shape index (κ3) is 6.55. The van der Waals surface area contributed by atoms with Crippen LogP contribution in [0.1, 0.15) is 5.56 Å². The molecule has 0 amide bonds. The van der Waals surface area contributed by atoms with Crippen molar-refractivity contribution in [3.8, 4) is 0 Å². The molecule has 0 heterocycles. The van der Waals surface area contributed by atoms with Crippen LogP contribution >= 0.6 is 0 Å². The Kier molecular flexibility index (Phi) is 7.05. The molecule has 0 aliphatic carbocycles. The zero-order valence-electron chi connectivity index (χ0n) is 14.6. The number of hydrazone groups is 1. The van der Waals surface area contributed by atoms with Crippen LogP contribution in [-0.4, -0.2) is 32.6 Å². The fourth-order valence-corrected chi connectivity index (χ4v) is 2.93. The third-order valence-corrected chi connectivity index (χ3v) is 4.50. The van der Waals surface area contributed by atoms with Gasteiger partial charge in [0.2, 0.25) is 0 Å². The summed E-state index contributed by atoms with van der Waals surface area (Å²) in [5.41, 5.74) is 2.97. The Morgan fingerprint density at radius 1 is 1.18 bits per heavy atom. The second kappa shape index (κ2) is 9.08. The van der Waals surface area contributed by atoms with Crippen LogP contribution in [0.5, 0.6) is 0 Å². The van der Waals surface area contributed by atoms with Gasteiger partial charge in [-0.1, -0.05) is 30.3 Å². The van der Waals surface area contributed by atoms with Crippen LogP contribution in [0, 0.1) is 0 Å². The molecule has 28 heavy (non-hydrogen) atoms. The van der Waals surface area contributed by atoms with Gasteiger partial charge < -0.3 is 14.4 Å². The lowest BCUT2D eigenvalue weighted by Crippen LogP contribution is -2.30. The van der Waals surface area contributed by atoms with Crippen molar-refractivity contribution in [2.45, 2.75) is 24.4 Å². The van der Waals surface area contributed by atoms with Crippen molar-refractivity contribution >= 4 is 28.8 Å². The molecule has 0 saturated heterocycles. The summed E-state index contributed by atoms with van der Waals surface area (Å²) in [4.78, 5) is -0.432. The zero-order valence-corrected chi connectivity index (χ0v) is 15.5. The minimum atomic E-state index is -5.14. The highest BCUT2D eigenvalue weighted by atomic mass is 32.2. The Morgan fingerprint density at radius 3 is 2.46 bits per heavy atom. The average Bonchev–Trinajstić information content (AvgIpc) is 2.63. The summed E-state index contributed by atoms with van der Waals surface area (Å²) in [7, 11) is -5.46. The largest absolute Gasteiger partial charge is 0.471 e. The highest BCUT2D eigenvalue weighted by Gasteiger charge is 2.42. The summed E-state index contributed by atoms with van der Waals surface area (Å²) >= 11 is 0. The highest BCUT2D eigenvalue weighted by molar-refractivity contribution is 7.87. The van der Waals surface area contributed by atoms with Crippen LogP contribution < -0.4 is 10.7 Å². The van der Waals surface area contributed by atoms with Gasteiger partial charge in [0.25, 0.3) is 0 Å². The molecular weight excluding hydrogens is 398 g/mol. The molecule has 0 aliphatic rings. The first-order valence-corrected chi connectivity index (χ1v) is 9.39. The second-order valence-electron chi connectivity index (χ2n) is 5.63. The van der Waals surface area contributed by atoms with Gasteiger partial charge in [-0.2, -0.15) is 21.6 Å². The number of nitrogens with zero attached hydrogens (tertiary/aromatic N) is 1. The molecule has 0 aliphatic heterocycles. The van der Waals surface area contributed by atoms with Gasteiger partial charge in [-0.05, 0) is 36.7 Å². The smallest absolute Gasteiger partial charge is 0.437 e. The van der Waals surface area contributed by atoms with E-state index < -0.39 is 34.1 Å². The van der Waals surface area contributed by atoms with Crippen LogP contribution in [0.15, 0.2) is 64.6 Å². The van der Waals surface area contributed by atoms with Crippen LogP contribution in [0.2, 0.25) is 6.82 Å². The molecule has 2 aromatic carbocycles. The Labute approximate surface area is 160 Å². The maximum atomic E-state index is 13.2. The first kappa shape index (κ1) is 21.7. The fraction of sp³-hybridized carbons (Fsp3) is 0.188. The monoisotopic (exact) mass is 415 g/mol. The number of hydrogen-bond acceptors (Lipinski definition) is 7. The number of alkyl halides is 3. The fourth-order valence-electron chi connectivity index (χ4n) is 2.00. The van der Waals surface area contributed by atoms with E-state index in [1.54, 1.807) is 12.1 Å². The Bertz CT molecular complexity index is 922. The van der Waals surface area contributed by atoms with Crippen molar-refractivity contribution in [3.63, 3.8) is 0 Å². The molecule has 2 aromatic rings. The van der Waals surface area contributed by atoms with Crippen molar-refractivity contribution in [1.82, 2.24) is 5.23 Å². The molecule has 0 bridgehead atoms. The molecule has 150 valence electrons. The lowest BCUT2D eigenvalue weighted by Gasteiger charge is -2.12. The Morgan fingerprint density at radius 2 is 1.86 bits per heavy atom. The standard InChI is InChI=1S/C16H17BF3N3O4S/c1-17(24)21-11-12-6-5-7-13(10-12)22-23-15(16(18,19)20)27-28(25,26)14-8-3-2-4-9-14/h2-10,21-22,24H,11H2,1H3. The van der Waals surface area contributed by atoms with Crippen molar-refractivity contribution in [2.75, 3.05) is 5.43 Å². The molecule has 3 N–H and O–H groups in total. The van der Waals surface area contributed by atoms with Gasteiger partial charge in [-0.25, -0.2) is 0 Å².